The number of benzene rings is 4. The molecule has 0 aliphatic carbocycles. The summed E-state index contributed by atoms with van der Waals surface area (Å²) in [7, 11) is 4.59. The summed E-state index contributed by atoms with van der Waals surface area (Å²) in [6, 6.07) is 23.2. The maximum atomic E-state index is 12.9. The van der Waals surface area contributed by atoms with Gasteiger partial charge in [0.05, 0.1) is 36.5 Å². The Morgan fingerprint density at radius 3 is 1.59 bits per heavy atom. The fraction of sp³-hybridized carbons (Fsp3) is 0.367. The zero-order valence-electron chi connectivity index (χ0n) is 43.8. The molecule has 2 aromatic heterocycles. The van der Waals surface area contributed by atoms with Gasteiger partial charge in [-0.15, -0.1) is 0 Å². The highest BCUT2D eigenvalue weighted by Crippen LogP contribution is 2.39. The number of esters is 2. The molecule has 6 aromatic rings. The Kier molecular flexibility index (Phi) is 18.0. The van der Waals surface area contributed by atoms with Crippen LogP contribution in [0.1, 0.15) is 94.2 Å². The van der Waals surface area contributed by atoms with Crippen molar-refractivity contribution in [2.45, 2.75) is 104 Å². The van der Waals surface area contributed by atoms with Gasteiger partial charge in [0.25, 0.3) is 0 Å². The van der Waals surface area contributed by atoms with Crippen LogP contribution in [0.15, 0.2) is 108 Å². The van der Waals surface area contributed by atoms with Gasteiger partial charge >= 0.3 is 11.9 Å². The van der Waals surface area contributed by atoms with Crippen LogP contribution < -0.4 is 18.9 Å². The minimum atomic E-state index is -0.354. The van der Waals surface area contributed by atoms with E-state index in [1.165, 1.54) is 14.2 Å². The summed E-state index contributed by atoms with van der Waals surface area (Å²) < 4.78 is 36.6. The van der Waals surface area contributed by atoms with Crippen molar-refractivity contribution >= 4 is 47.1 Å². The molecule has 0 N–H and O–H groups in total. The smallest absolute Gasteiger partial charge is 0.323 e. The number of piperidine rings is 2. The quantitative estimate of drug-likeness (QED) is 0.0499. The SMILES string of the molecule is CN=Cc1cncc(COc2cc(OCc3cccc(-c4cccc(COc5cc(OCc6cncc(C7=NC7)c6)c(CN6CCCC[C@H]6C(=O)OC)cc5Cl)c4C)c3C)c(Cl)cc2CN2CCCC[C@H]2C(=O)OC)c1. The normalized spacial score (nSPS) is 16.8. The van der Waals surface area contributed by atoms with Crippen LogP contribution in [-0.4, -0.2) is 96.6 Å². The fourth-order valence-corrected chi connectivity index (χ4v) is 10.6. The molecule has 0 amide bonds. The molecule has 2 fully saturated rings. The lowest BCUT2D eigenvalue weighted by atomic mass is 9.92. The average molecular weight is 1070 g/mol. The van der Waals surface area contributed by atoms with Gasteiger partial charge in [-0.05, 0) is 110 Å². The Morgan fingerprint density at radius 1 is 0.618 bits per heavy atom. The molecule has 0 unspecified atom stereocenters. The second-order valence-electron chi connectivity index (χ2n) is 19.5. The van der Waals surface area contributed by atoms with Crippen LogP contribution in [0, 0.1) is 13.8 Å². The van der Waals surface area contributed by atoms with Crippen molar-refractivity contribution in [3.8, 4) is 34.1 Å². The number of likely N-dealkylation sites (tertiary alicyclic amines) is 2. The standard InChI is InChI=1S/C60H64Cl2N6O8/c1-38-43(36-75-57-24-55(73-34-41-20-40(26-63-3)27-64-28-41)46(22-50(57)61)32-67-18-8-6-16-53(67)59(69)71-4)12-10-14-48(38)49-15-11-13-44(39(49)2)37-76-58-25-56(74-35-42-21-45(30-65-29-42)52-31-66-52)47(23-51(58)62)33-68-19-9-7-17-54(68)60(70)72-5/h10-15,20-30,53-54H,6-9,16-19,31-37H2,1-5H3/t53-,54-/m0/s1. The van der Waals surface area contributed by atoms with E-state index in [0.29, 0.717) is 46.1 Å². The molecule has 14 nitrogen and oxygen atoms in total. The zero-order valence-corrected chi connectivity index (χ0v) is 45.3. The highest BCUT2D eigenvalue weighted by atomic mass is 35.5. The Labute approximate surface area is 455 Å². The van der Waals surface area contributed by atoms with E-state index in [1.54, 1.807) is 31.9 Å². The van der Waals surface area contributed by atoms with Gasteiger partial charge in [-0.1, -0.05) is 72.4 Å². The molecular formula is C60H64Cl2N6O8. The van der Waals surface area contributed by atoms with E-state index in [4.69, 9.17) is 51.6 Å². The summed E-state index contributed by atoms with van der Waals surface area (Å²) >= 11 is 14.1. The first-order valence-electron chi connectivity index (χ1n) is 25.8. The van der Waals surface area contributed by atoms with Gasteiger partial charge in [-0.2, -0.15) is 0 Å². The van der Waals surface area contributed by atoms with Crippen molar-refractivity contribution in [1.82, 2.24) is 19.8 Å². The summed E-state index contributed by atoms with van der Waals surface area (Å²) in [5.74, 6) is 1.67. The minimum absolute atomic E-state index is 0.240. The number of methoxy groups -OCH3 is 2. The van der Waals surface area contributed by atoms with Crippen LogP contribution in [0.2, 0.25) is 10.0 Å². The molecule has 2 atom stereocenters. The number of halogens is 2. The first-order chi connectivity index (χ1) is 37.0. The van der Waals surface area contributed by atoms with Gasteiger partial charge in [-0.3, -0.25) is 39.3 Å². The zero-order chi connectivity index (χ0) is 53.1. The lowest BCUT2D eigenvalue weighted by molar-refractivity contribution is -0.149. The van der Waals surface area contributed by atoms with Crippen LogP contribution in [0.5, 0.6) is 23.0 Å². The number of hydrogen-bond acceptors (Lipinski definition) is 14. The molecule has 5 heterocycles. The Hall–Kier alpha value is -6.84. The number of aliphatic imine (C=N–C) groups is 2. The third-order valence-corrected chi connectivity index (χ3v) is 15.0. The Balaban J connectivity index is 0.929. The van der Waals surface area contributed by atoms with Crippen molar-refractivity contribution in [1.29, 1.82) is 0 Å². The highest BCUT2D eigenvalue weighted by Gasteiger charge is 2.32. The van der Waals surface area contributed by atoms with E-state index >= 15 is 0 Å². The van der Waals surface area contributed by atoms with Crippen LogP contribution in [0.25, 0.3) is 11.1 Å². The molecule has 76 heavy (non-hydrogen) atoms. The molecule has 0 saturated carbocycles. The lowest BCUT2D eigenvalue weighted by Crippen LogP contribution is -2.44. The van der Waals surface area contributed by atoms with E-state index in [2.05, 4.69) is 73.9 Å². The molecule has 0 spiro atoms. The van der Waals surface area contributed by atoms with Gasteiger partial charge in [0.2, 0.25) is 0 Å². The summed E-state index contributed by atoms with van der Waals surface area (Å²) in [5.41, 5.74) is 12.6. The monoisotopic (exact) mass is 1070 g/mol. The second kappa shape index (κ2) is 25.3. The average Bonchev–Trinajstić information content (AvgIpc) is 4.30. The summed E-state index contributed by atoms with van der Waals surface area (Å²) in [6.45, 7) is 8.33. The predicted molar refractivity (Wildman–Crippen MR) is 295 cm³/mol. The summed E-state index contributed by atoms with van der Waals surface area (Å²) in [4.78, 5) is 47.3. The summed E-state index contributed by atoms with van der Waals surface area (Å²) in [5, 5.41) is 0.873. The van der Waals surface area contributed by atoms with Gasteiger partial charge < -0.3 is 28.4 Å². The van der Waals surface area contributed by atoms with E-state index in [9.17, 15) is 9.59 Å². The number of pyridine rings is 2. The van der Waals surface area contributed by atoms with E-state index < -0.39 is 0 Å². The largest absolute Gasteiger partial charge is 0.488 e. The van der Waals surface area contributed by atoms with Crippen LogP contribution in [-0.2, 0) is 58.6 Å². The van der Waals surface area contributed by atoms with Crippen molar-refractivity contribution < 1.29 is 38.0 Å². The Bertz CT molecular complexity index is 3130. The maximum absolute atomic E-state index is 12.9. The number of carbonyl (C=O) groups is 2. The van der Waals surface area contributed by atoms with Gasteiger partial charge in [-0.25, -0.2) is 0 Å². The van der Waals surface area contributed by atoms with Crippen LogP contribution in [0.3, 0.4) is 0 Å². The molecule has 0 bridgehead atoms. The number of nitrogens with zero attached hydrogens (tertiary/aromatic N) is 6. The number of hydrogen-bond donors (Lipinski definition) is 0. The van der Waals surface area contributed by atoms with Crippen molar-refractivity contribution in [3.63, 3.8) is 0 Å². The van der Waals surface area contributed by atoms with Crippen molar-refractivity contribution in [2.24, 2.45) is 9.98 Å². The second-order valence-corrected chi connectivity index (χ2v) is 20.3. The van der Waals surface area contributed by atoms with Crippen molar-refractivity contribution in [2.75, 3.05) is 40.9 Å². The molecule has 396 valence electrons. The number of rotatable bonds is 21. The Morgan fingerprint density at radius 2 is 1.11 bits per heavy atom. The minimum Gasteiger partial charge on any atom is -0.488 e. The first kappa shape index (κ1) is 54.0. The first-order valence-corrected chi connectivity index (χ1v) is 26.6. The van der Waals surface area contributed by atoms with Gasteiger partial charge in [0.1, 0.15) is 61.5 Å². The summed E-state index contributed by atoms with van der Waals surface area (Å²) in [6.07, 6.45) is 14.2. The van der Waals surface area contributed by atoms with Crippen molar-refractivity contribution in [3.05, 3.63) is 163 Å². The highest BCUT2D eigenvalue weighted by molar-refractivity contribution is 6.32. The van der Waals surface area contributed by atoms with E-state index in [1.807, 2.05) is 48.7 Å². The molecule has 9 rings (SSSR count). The topological polar surface area (TPSA) is 146 Å². The van der Waals surface area contributed by atoms with Gasteiger partial charge in [0, 0.05) is 96.7 Å². The number of ether oxygens (including phenoxy) is 6. The van der Waals surface area contributed by atoms with E-state index in [0.717, 1.165) is 131 Å². The predicted octanol–water partition coefficient (Wildman–Crippen LogP) is 11.3. The number of carbonyl (C=O) groups excluding carboxylic acids is 2. The molecule has 2 saturated heterocycles. The van der Waals surface area contributed by atoms with Gasteiger partial charge in [0.15, 0.2) is 0 Å². The molecular weight excluding hydrogens is 1000 g/mol. The molecule has 4 aromatic carbocycles. The maximum Gasteiger partial charge on any atom is 0.323 e. The molecule has 16 heteroatoms. The molecule has 3 aliphatic rings. The van der Waals surface area contributed by atoms with Crippen LogP contribution in [0.4, 0.5) is 0 Å². The molecule has 3 aliphatic heterocycles. The lowest BCUT2D eigenvalue weighted by Gasteiger charge is -2.34. The third-order valence-electron chi connectivity index (χ3n) is 14.4. The molecule has 0 radical (unpaired) electrons. The third kappa shape index (κ3) is 13.2. The fourth-order valence-electron chi connectivity index (χ4n) is 10.1. The number of aromatic nitrogens is 2. The van der Waals surface area contributed by atoms with Crippen LogP contribution >= 0.6 is 23.2 Å². The van der Waals surface area contributed by atoms with E-state index in [-0.39, 0.29) is 50.4 Å².